The zero-order valence-corrected chi connectivity index (χ0v) is 9.26. The lowest BCUT2D eigenvalue weighted by atomic mass is 9.80. The number of hydrogen-bond donors (Lipinski definition) is 1. The molecule has 0 radical (unpaired) electrons. The van der Waals surface area contributed by atoms with E-state index in [1.807, 2.05) is 0 Å². The minimum absolute atomic E-state index is 0.0488. The van der Waals surface area contributed by atoms with Crippen LogP contribution in [-0.2, 0) is 6.42 Å². The summed E-state index contributed by atoms with van der Waals surface area (Å²) in [5.74, 6) is -0.304. The molecular weight excluding hydrogens is 208 g/mol. The van der Waals surface area contributed by atoms with Gasteiger partial charge in [0.1, 0.15) is 11.5 Å². The van der Waals surface area contributed by atoms with Crippen molar-refractivity contribution in [3.8, 4) is 0 Å². The van der Waals surface area contributed by atoms with Crippen molar-refractivity contribution in [1.82, 2.24) is 0 Å². The van der Waals surface area contributed by atoms with Crippen LogP contribution >= 0.6 is 0 Å². The van der Waals surface area contributed by atoms with E-state index in [0.29, 0.717) is 12.8 Å². The molecule has 16 heavy (non-hydrogen) atoms. The molecule has 0 amide bonds. The van der Waals surface area contributed by atoms with Gasteiger partial charge in [-0.25, -0.2) is 8.78 Å². The maximum absolute atomic E-state index is 14.4. The zero-order chi connectivity index (χ0) is 11.6. The van der Waals surface area contributed by atoms with Gasteiger partial charge in [0.05, 0.1) is 0 Å². The smallest absolute Gasteiger partial charge is 0.123 e. The molecule has 0 aliphatic heterocycles. The van der Waals surface area contributed by atoms with E-state index in [-0.39, 0.29) is 18.3 Å². The average Bonchev–Trinajstić information content (AvgIpc) is 2.16. The monoisotopic (exact) mass is 225 g/mol. The molecule has 1 aliphatic rings. The van der Waals surface area contributed by atoms with E-state index in [1.165, 1.54) is 12.1 Å². The second-order valence-electron chi connectivity index (χ2n) is 4.81. The van der Waals surface area contributed by atoms with Gasteiger partial charge < -0.3 is 5.73 Å². The Kier molecular flexibility index (Phi) is 3.24. The van der Waals surface area contributed by atoms with Crippen LogP contribution in [0.4, 0.5) is 8.78 Å². The van der Waals surface area contributed by atoms with Crippen LogP contribution in [0.5, 0.6) is 0 Å². The Morgan fingerprint density at radius 2 is 2.25 bits per heavy atom. The summed E-state index contributed by atoms with van der Waals surface area (Å²) in [5.41, 5.74) is 5.25. The molecule has 88 valence electrons. The highest BCUT2D eigenvalue weighted by molar-refractivity contribution is 5.19. The molecule has 1 saturated carbocycles. The molecule has 1 nitrogen and oxygen atoms in total. The molecule has 1 aliphatic carbocycles. The third-order valence-electron chi connectivity index (χ3n) is 3.24. The lowest BCUT2D eigenvalue weighted by Gasteiger charge is -2.33. The van der Waals surface area contributed by atoms with Gasteiger partial charge in [-0.15, -0.1) is 0 Å². The van der Waals surface area contributed by atoms with Crippen LogP contribution in [-0.4, -0.2) is 11.7 Å². The van der Waals surface area contributed by atoms with Crippen molar-refractivity contribution in [2.75, 3.05) is 0 Å². The fourth-order valence-corrected chi connectivity index (χ4v) is 2.53. The summed E-state index contributed by atoms with van der Waals surface area (Å²) in [6.45, 7) is 0. The van der Waals surface area contributed by atoms with Gasteiger partial charge in [0.2, 0.25) is 0 Å². The lowest BCUT2D eigenvalue weighted by molar-refractivity contribution is 0.0964. The molecule has 0 bridgehead atoms. The lowest BCUT2D eigenvalue weighted by Crippen LogP contribution is -2.39. The first-order valence-corrected chi connectivity index (χ1v) is 5.76. The zero-order valence-electron chi connectivity index (χ0n) is 9.26. The molecule has 1 fully saturated rings. The van der Waals surface area contributed by atoms with Crippen molar-refractivity contribution >= 4 is 0 Å². The second-order valence-corrected chi connectivity index (χ2v) is 4.81. The molecule has 2 unspecified atom stereocenters. The van der Waals surface area contributed by atoms with E-state index in [0.717, 1.165) is 18.4 Å². The van der Waals surface area contributed by atoms with Crippen molar-refractivity contribution < 1.29 is 8.78 Å². The van der Waals surface area contributed by atoms with Crippen molar-refractivity contribution in [2.24, 2.45) is 5.73 Å². The molecule has 0 aromatic heterocycles. The van der Waals surface area contributed by atoms with Gasteiger partial charge in [-0.1, -0.05) is 12.1 Å². The number of halogens is 2. The van der Waals surface area contributed by atoms with E-state index in [2.05, 4.69) is 0 Å². The van der Waals surface area contributed by atoms with Crippen molar-refractivity contribution in [1.29, 1.82) is 0 Å². The summed E-state index contributed by atoms with van der Waals surface area (Å²) in [6.07, 6.45) is 2.93. The molecule has 0 spiro atoms. The molecule has 2 N–H and O–H groups in total. The predicted molar refractivity (Wildman–Crippen MR) is 60.4 cm³/mol. The fraction of sp³-hybridized carbons (Fsp3) is 0.538. The third-order valence-corrected chi connectivity index (χ3v) is 3.24. The molecular formula is C13H17F2N. The fourth-order valence-electron chi connectivity index (χ4n) is 2.53. The summed E-state index contributed by atoms with van der Waals surface area (Å²) in [7, 11) is 0. The maximum atomic E-state index is 14.4. The van der Waals surface area contributed by atoms with Crippen molar-refractivity contribution in [2.45, 2.75) is 43.8 Å². The van der Waals surface area contributed by atoms with E-state index < -0.39 is 5.67 Å². The maximum Gasteiger partial charge on any atom is 0.123 e. The number of hydrogen-bond acceptors (Lipinski definition) is 1. The van der Waals surface area contributed by atoms with Crippen LogP contribution < -0.4 is 5.73 Å². The Morgan fingerprint density at radius 1 is 1.44 bits per heavy atom. The van der Waals surface area contributed by atoms with Crippen LogP contribution in [0.3, 0.4) is 0 Å². The van der Waals surface area contributed by atoms with Gasteiger partial charge in [-0.3, -0.25) is 0 Å². The SMILES string of the molecule is NC1CCCC(F)(Cc2cccc(F)c2)C1. The molecule has 2 rings (SSSR count). The quantitative estimate of drug-likeness (QED) is 0.822. The van der Waals surface area contributed by atoms with E-state index in [1.54, 1.807) is 12.1 Å². The number of benzene rings is 1. The van der Waals surface area contributed by atoms with Crippen LogP contribution in [0.15, 0.2) is 24.3 Å². The largest absolute Gasteiger partial charge is 0.328 e. The van der Waals surface area contributed by atoms with Gasteiger partial charge >= 0.3 is 0 Å². The van der Waals surface area contributed by atoms with Crippen LogP contribution in [0, 0.1) is 5.82 Å². The molecule has 0 saturated heterocycles. The minimum Gasteiger partial charge on any atom is -0.328 e. The summed E-state index contributed by atoms with van der Waals surface area (Å²) in [4.78, 5) is 0. The van der Waals surface area contributed by atoms with Gasteiger partial charge in [-0.05, 0) is 43.4 Å². The predicted octanol–water partition coefficient (Wildman–Crippen LogP) is 2.98. The van der Waals surface area contributed by atoms with E-state index in [9.17, 15) is 8.78 Å². The highest BCUT2D eigenvalue weighted by Gasteiger charge is 2.35. The normalized spacial score (nSPS) is 30.3. The summed E-state index contributed by atoms with van der Waals surface area (Å²) >= 11 is 0. The summed E-state index contributed by atoms with van der Waals surface area (Å²) in [5, 5.41) is 0. The first kappa shape index (κ1) is 11.5. The number of alkyl halides is 1. The molecule has 3 heteroatoms. The highest BCUT2D eigenvalue weighted by Crippen LogP contribution is 2.34. The molecule has 1 aromatic carbocycles. The van der Waals surface area contributed by atoms with Gasteiger partial charge in [-0.2, -0.15) is 0 Å². The first-order valence-electron chi connectivity index (χ1n) is 5.76. The average molecular weight is 225 g/mol. The number of nitrogens with two attached hydrogens (primary N) is 1. The Morgan fingerprint density at radius 3 is 2.94 bits per heavy atom. The van der Waals surface area contributed by atoms with E-state index in [4.69, 9.17) is 5.73 Å². The Labute approximate surface area is 94.7 Å². The summed E-state index contributed by atoms with van der Waals surface area (Å²) < 4.78 is 27.4. The van der Waals surface area contributed by atoms with Crippen molar-refractivity contribution in [3.63, 3.8) is 0 Å². The molecule has 2 atom stereocenters. The Balaban J connectivity index is 2.08. The summed E-state index contributed by atoms with van der Waals surface area (Å²) in [6, 6.07) is 6.12. The molecule has 1 aromatic rings. The second kappa shape index (κ2) is 4.50. The van der Waals surface area contributed by atoms with Crippen molar-refractivity contribution in [3.05, 3.63) is 35.6 Å². The van der Waals surface area contributed by atoms with Gasteiger partial charge in [0, 0.05) is 12.5 Å². The van der Waals surface area contributed by atoms with E-state index >= 15 is 0 Å². The topological polar surface area (TPSA) is 26.0 Å². The molecule has 0 heterocycles. The van der Waals surface area contributed by atoms with Crippen LogP contribution in [0.1, 0.15) is 31.2 Å². The van der Waals surface area contributed by atoms with Crippen LogP contribution in [0.2, 0.25) is 0 Å². The Bertz CT molecular complexity index is 367. The number of rotatable bonds is 2. The van der Waals surface area contributed by atoms with Gasteiger partial charge in [0.25, 0.3) is 0 Å². The Hall–Kier alpha value is -0.960. The van der Waals surface area contributed by atoms with Gasteiger partial charge in [0.15, 0.2) is 0 Å². The highest BCUT2D eigenvalue weighted by atomic mass is 19.1. The third kappa shape index (κ3) is 2.79. The van der Waals surface area contributed by atoms with Crippen LogP contribution in [0.25, 0.3) is 0 Å². The first-order chi connectivity index (χ1) is 7.57. The standard InChI is InChI=1S/C13H17F2N/c14-11-4-1-3-10(7-11)8-13(15)6-2-5-12(16)9-13/h1,3-4,7,12H,2,5-6,8-9,16H2. The minimum atomic E-state index is -1.24.